The quantitative estimate of drug-likeness (QED) is 0.814. The third-order valence-electron chi connectivity index (χ3n) is 4.64. The summed E-state index contributed by atoms with van der Waals surface area (Å²) in [6.45, 7) is 11.9. The third kappa shape index (κ3) is 2.87. The van der Waals surface area contributed by atoms with E-state index in [2.05, 4.69) is 24.1 Å². The van der Waals surface area contributed by atoms with E-state index in [0.717, 1.165) is 6.54 Å². The molecule has 3 nitrogen and oxygen atoms in total. The minimum absolute atomic E-state index is 0.0839. The van der Waals surface area contributed by atoms with Gasteiger partial charge in [-0.25, -0.2) is 0 Å². The zero-order valence-electron chi connectivity index (χ0n) is 12.3. The van der Waals surface area contributed by atoms with Crippen molar-refractivity contribution in [2.75, 3.05) is 19.6 Å². The molecular weight excluding hydrogens is 224 g/mol. The van der Waals surface area contributed by atoms with E-state index in [1.54, 1.807) is 0 Å². The summed E-state index contributed by atoms with van der Waals surface area (Å²) in [7, 11) is 0. The third-order valence-corrected chi connectivity index (χ3v) is 4.64. The summed E-state index contributed by atoms with van der Waals surface area (Å²) < 4.78 is 0. The Bertz CT molecular complexity index is 300. The fourth-order valence-corrected chi connectivity index (χ4v) is 3.08. The normalized spacial score (nSPS) is 23.9. The molecule has 1 aliphatic heterocycles. The van der Waals surface area contributed by atoms with Gasteiger partial charge in [0.15, 0.2) is 0 Å². The Morgan fingerprint density at radius 1 is 1.22 bits per heavy atom. The van der Waals surface area contributed by atoms with Crippen molar-refractivity contribution in [1.82, 2.24) is 10.2 Å². The van der Waals surface area contributed by atoms with Gasteiger partial charge in [0, 0.05) is 31.6 Å². The highest BCUT2D eigenvalue weighted by Gasteiger charge is 2.47. The average molecular weight is 252 g/mol. The molecule has 0 aromatic carbocycles. The Morgan fingerprint density at radius 3 is 2.22 bits per heavy atom. The fourth-order valence-electron chi connectivity index (χ4n) is 3.08. The smallest absolute Gasteiger partial charge is 0.222 e. The molecule has 0 unspecified atom stereocenters. The first-order valence-corrected chi connectivity index (χ1v) is 7.45. The van der Waals surface area contributed by atoms with Crippen LogP contribution in [0.4, 0.5) is 0 Å². The second kappa shape index (κ2) is 5.20. The van der Waals surface area contributed by atoms with Gasteiger partial charge in [0.1, 0.15) is 0 Å². The molecule has 104 valence electrons. The van der Waals surface area contributed by atoms with Crippen LogP contribution >= 0.6 is 0 Å². The van der Waals surface area contributed by atoms with Crippen LogP contribution in [0.5, 0.6) is 0 Å². The highest BCUT2D eigenvalue weighted by Crippen LogP contribution is 2.48. The molecule has 1 heterocycles. The molecule has 1 atom stereocenters. The Morgan fingerprint density at radius 2 is 1.83 bits per heavy atom. The predicted molar refractivity (Wildman–Crippen MR) is 74.3 cm³/mol. The largest absolute Gasteiger partial charge is 0.352 e. The van der Waals surface area contributed by atoms with Crippen molar-refractivity contribution < 1.29 is 4.79 Å². The van der Waals surface area contributed by atoms with Crippen LogP contribution in [0.1, 0.15) is 47.0 Å². The van der Waals surface area contributed by atoms with E-state index in [0.29, 0.717) is 17.4 Å². The second-order valence-corrected chi connectivity index (χ2v) is 7.04. The van der Waals surface area contributed by atoms with Crippen LogP contribution in [-0.4, -0.2) is 36.5 Å². The number of carbonyl (C=O) groups is 1. The van der Waals surface area contributed by atoms with Crippen LogP contribution in [0, 0.1) is 17.3 Å². The number of rotatable bonds is 5. The zero-order valence-corrected chi connectivity index (χ0v) is 12.3. The van der Waals surface area contributed by atoms with Crippen molar-refractivity contribution in [3.63, 3.8) is 0 Å². The molecule has 1 spiro atoms. The summed E-state index contributed by atoms with van der Waals surface area (Å²) in [4.78, 5) is 14.3. The van der Waals surface area contributed by atoms with Gasteiger partial charge in [0.05, 0.1) is 0 Å². The number of hydrogen-bond donors (Lipinski definition) is 1. The molecule has 2 aliphatic rings. The molecule has 1 aliphatic carbocycles. The van der Waals surface area contributed by atoms with Gasteiger partial charge in [-0.05, 0) is 24.2 Å². The van der Waals surface area contributed by atoms with Crippen LogP contribution in [-0.2, 0) is 4.79 Å². The number of amides is 1. The van der Waals surface area contributed by atoms with Crippen molar-refractivity contribution in [1.29, 1.82) is 0 Å². The molecule has 0 aromatic heterocycles. The van der Waals surface area contributed by atoms with Gasteiger partial charge >= 0.3 is 0 Å². The Hall–Kier alpha value is -0.570. The van der Waals surface area contributed by atoms with Crippen molar-refractivity contribution >= 4 is 5.91 Å². The average Bonchev–Trinajstić information content (AvgIpc) is 2.17. The standard InChI is InChI=1S/C15H28N2O/c1-11(2)13(16-14(18)12(3)4)8-17-9-15(10-17)6-5-7-15/h11-13H,5-10H2,1-4H3,(H,16,18)/t13-/m0/s1. The van der Waals surface area contributed by atoms with Crippen LogP contribution in [0.3, 0.4) is 0 Å². The number of nitrogens with one attached hydrogen (secondary N) is 1. The van der Waals surface area contributed by atoms with Gasteiger partial charge in [0.2, 0.25) is 5.91 Å². The maximum absolute atomic E-state index is 11.8. The number of hydrogen-bond acceptors (Lipinski definition) is 2. The van der Waals surface area contributed by atoms with Gasteiger partial charge in [-0.15, -0.1) is 0 Å². The van der Waals surface area contributed by atoms with Crippen LogP contribution in [0.25, 0.3) is 0 Å². The zero-order chi connectivity index (χ0) is 13.3. The summed E-state index contributed by atoms with van der Waals surface area (Å²) in [6.07, 6.45) is 4.27. The van der Waals surface area contributed by atoms with Gasteiger partial charge < -0.3 is 10.2 Å². The van der Waals surface area contributed by atoms with Gasteiger partial charge in [0.25, 0.3) is 0 Å². The van der Waals surface area contributed by atoms with Gasteiger partial charge in [-0.2, -0.15) is 0 Å². The van der Waals surface area contributed by atoms with E-state index in [1.807, 2.05) is 13.8 Å². The van der Waals surface area contributed by atoms with Crippen LogP contribution in [0.2, 0.25) is 0 Å². The first kappa shape index (κ1) is 13.9. The molecule has 0 radical (unpaired) electrons. The molecule has 0 bridgehead atoms. The highest BCUT2D eigenvalue weighted by atomic mass is 16.1. The van der Waals surface area contributed by atoms with Crippen molar-refractivity contribution in [3.8, 4) is 0 Å². The minimum Gasteiger partial charge on any atom is -0.352 e. The summed E-state index contributed by atoms with van der Waals surface area (Å²) in [5.41, 5.74) is 0.684. The Balaban J connectivity index is 1.78. The lowest BCUT2D eigenvalue weighted by Crippen LogP contribution is -2.62. The van der Waals surface area contributed by atoms with E-state index < -0.39 is 0 Å². The SMILES string of the molecule is CC(C)C(=O)N[C@@H](CN1CC2(CCC2)C1)C(C)C. The van der Waals surface area contributed by atoms with Crippen LogP contribution < -0.4 is 5.32 Å². The van der Waals surface area contributed by atoms with E-state index in [1.165, 1.54) is 32.4 Å². The molecular formula is C15H28N2O. The van der Waals surface area contributed by atoms with E-state index in [4.69, 9.17) is 0 Å². The highest BCUT2D eigenvalue weighted by molar-refractivity contribution is 5.78. The molecule has 2 rings (SSSR count). The van der Waals surface area contributed by atoms with Gasteiger partial charge in [-0.1, -0.05) is 34.1 Å². The number of carbonyl (C=O) groups excluding carboxylic acids is 1. The molecule has 2 fully saturated rings. The lowest BCUT2D eigenvalue weighted by molar-refractivity contribution is -0.125. The molecule has 1 saturated heterocycles. The monoisotopic (exact) mass is 252 g/mol. The maximum atomic E-state index is 11.8. The maximum Gasteiger partial charge on any atom is 0.222 e. The summed E-state index contributed by atoms with van der Waals surface area (Å²) in [5, 5.41) is 3.20. The summed E-state index contributed by atoms with van der Waals surface area (Å²) in [5.74, 6) is 0.777. The minimum atomic E-state index is 0.0839. The molecule has 1 N–H and O–H groups in total. The van der Waals surface area contributed by atoms with Crippen molar-refractivity contribution in [2.24, 2.45) is 17.3 Å². The lowest BCUT2D eigenvalue weighted by atomic mass is 9.63. The predicted octanol–water partition coefficient (Wildman–Crippen LogP) is 2.27. The van der Waals surface area contributed by atoms with E-state index in [-0.39, 0.29) is 11.8 Å². The number of likely N-dealkylation sites (tertiary alicyclic amines) is 1. The van der Waals surface area contributed by atoms with Crippen molar-refractivity contribution in [2.45, 2.75) is 53.0 Å². The van der Waals surface area contributed by atoms with Gasteiger partial charge in [-0.3, -0.25) is 4.79 Å². The topological polar surface area (TPSA) is 32.3 Å². The van der Waals surface area contributed by atoms with E-state index in [9.17, 15) is 4.79 Å². The van der Waals surface area contributed by atoms with Crippen molar-refractivity contribution in [3.05, 3.63) is 0 Å². The molecule has 1 saturated carbocycles. The molecule has 18 heavy (non-hydrogen) atoms. The summed E-state index contributed by atoms with van der Waals surface area (Å²) in [6, 6.07) is 0.303. The fraction of sp³-hybridized carbons (Fsp3) is 0.933. The molecule has 0 aromatic rings. The summed E-state index contributed by atoms with van der Waals surface area (Å²) >= 11 is 0. The Labute approximate surface area is 111 Å². The first-order valence-electron chi connectivity index (χ1n) is 7.45. The second-order valence-electron chi connectivity index (χ2n) is 7.04. The molecule has 1 amide bonds. The molecule has 3 heteroatoms. The first-order chi connectivity index (χ1) is 8.42. The van der Waals surface area contributed by atoms with E-state index >= 15 is 0 Å². The van der Waals surface area contributed by atoms with Crippen LogP contribution in [0.15, 0.2) is 0 Å². The Kier molecular flexibility index (Phi) is 4.00. The number of nitrogens with zero attached hydrogens (tertiary/aromatic N) is 1. The lowest BCUT2D eigenvalue weighted by Gasteiger charge is -2.57.